The van der Waals surface area contributed by atoms with E-state index in [2.05, 4.69) is 5.32 Å². The molecule has 6 nitrogen and oxygen atoms in total. The maximum Gasteiger partial charge on any atom is 0.341 e. The van der Waals surface area contributed by atoms with Crippen LogP contribution in [0.4, 0.5) is 5.00 Å². The first kappa shape index (κ1) is 18.2. The van der Waals surface area contributed by atoms with Crippen molar-refractivity contribution < 1.29 is 24.2 Å². The van der Waals surface area contributed by atoms with Crippen LogP contribution < -0.4 is 5.32 Å². The molecule has 1 rings (SSSR count). The minimum Gasteiger partial charge on any atom is -0.481 e. The lowest BCUT2D eigenvalue weighted by Gasteiger charge is -2.10. The van der Waals surface area contributed by atoms with Crippen LogP contribution in [0, 0.1) is 19.8 Å². The van der Waals surface area contributed by atoms with Crippen molar-refractivity contribution in [2.45, 2.75) is 40.5 Å². The lowest BCUT2D eigenvalue weighted by molar-refractivity contribution is -0.138. The van der Waals surface area contributed by atoms with Crippen LogP contribution in [0.25, 0.3) is 0 Å². The number of hydrogen-bond donors (Lipinski definition) is 2. The van der Waals surface area contributed by atoms with Gasteiger partial charge in [0, 0.05) is 17.7 Å². The standard InChI is InChI=1S/C15H21NO5S/c1-5-21-15(20)13-9(3)10(4)22-14(13)16-11(17)6-8(2)7-12(18)19/h8H,5-7H2,1-4H3,(H,16,17)(H,18,19)/t8-/m0/s1. The minimum absolute atomic E-state index is 0.0688. The second-order valence-corrected chi connectivity index (χ2v) is 6.39. The van der Waals surface area contributed by atoms with E-state index in [1.807, 2.05) is 6.92 Å². The summed E-state index contributed by atoms with van der Waals surface area (Å²) in [5.74, 6) is -1.97. The smallest absolute Gasteiger partial charge is 0.341 e. The molecular weight excluding hydrogens is 306 g/mol. The van der Waals surface area contributed by atoms with Crippen molar-refractivity contribution in [3.05, 3.63) is 16.0 Å². The molecule has 1 atom stereocenters. The Morgan fingerprint density at radius 2 is 1.91 bits per heavy atom. The van der Waals surface area contributed by atoms with Crippen molar-refractivity contribution in [1.82, 2.24) is 0 Å². The second kappa shape index (κ2) is 7.93. The molecule has 7 heteroatoms. The Hall–Kier alpha value is -1.89. The summed E-state index contributed by atoms with van der Waals surface area (Å²) in [6, 6.07) is 0. The maximum absolute atomic E-state index is 12.0. The molecule has 22 heavy (non-hydrogen) atoms. The van der Waals surface area contributed by atoms with Crippen molar-refractivity contribution in [3.8, 4) is 0 Å². The number of carboxylic acid groups (broad SMARTS) is 1. The van der Waals surface area contributed by atoms with E-state index < -0.39 is 11.9 Å². The Bertz CT molecular complexity index is 579. The van der Waals surface area contributed by atoms with Gasteiger partial charge in [-0.2, -0.15) is 0 Å². The number of carbonyl (C=O) groups is 3. The van der Waals surface area contributed by atoms with E-state index in [0.29, 0.717) is 10.6 Å². The highest BCUT2D eigenvalue weighted by Crippen LogP contribution is 2.33. The summed E-state index contributed by atoms with van der Waals surface area (Å²) < 4.78 is 5.02. The fraction of sp³-hybridized carbons (Fsp3) is 0.533. The number of esters is 1. The molecule has 1 heterocycles. The van der Waals surface area contributed by atoms with E-state index in [1.165, 1.54) is 11.3 Å². The van der Waals surface area contributed by atoms with Gasteiger partial charge in [0.05, 0.1) is 12.2 Å². The highest BCUT2D eigenvalue weighted by molar-refractivity contribution is 7.16. The summed E-state index contributed by atoms with van der Waals surface area (Å²) in [5.41, 5.74) is 1.17. The number of rotatable bonds is 7. The Balaban J connectivity index is 2.85. The maximum atomic E-state index is 12.0. The SMILES string of the molecule is CCOC(=O)c1c(NC(=O)C[C@H](C)CC(=O)O)sc(C)c1C. The molecule has 0 aliphatic carbocycles. The highest BCUT2D eigenvalue weighted by atomic mass is 32.1. The molecule has 1 amide bonds. The number of nitrogens with one attached hydrogen (secondary N) is 1. The fourth-order valence-electron chi connectivity index (χ4n) is 2.03. The molecule has 0 aliphatic rings. The highest BCUT2D eigenvalue weighted by Gasteiger charge is 2.22. The molecule has 0 bridgehead atoms. The summed E-state index contributed by atoms with van der Waals surface area (Å²) in [7, 11) is 0. The number of aryl methyl sites for hydroxylation is 1. The molecule has 0 radical (unpaired) electrons. The number of anilines is 1. The Kier molecular flexibility index (Phi) is 6.55. The molecule has 0 spiro atoms. The second-order valence-electron chi connectivity index (χ2n) is 5.16. The van der Waals surface area contributed by atoms with Crippen molar-refractivity contribution in [2.75, 3.05) is 11.9 Å². The summed E-state index contributed by atoms with van der Waals surface area (Å²) in [5, 5.41) is 11.9. The molecule has 0 aromatic carbocycles. The molecule has 1 aromatic rings. The molecule has 0 fully saturated rings. The Morgan fingerprint density at radius 3 is 2.45 bits per heavy atom. The van der Waals surface area contributed by atoms with Gasteiger partial charge >= 0.3 is 11.9 Å². The average Bonchev–Trinajstić information content (AvgIpc) is 2.63. The minimum atomic E-state index is -0.935. The van der Waals surface area contributed by atoms with Gasteiger partial charge in [-0.05, 0) is 32.3 Å². The number of hydrogen-bond acceptors (Lipinski definition) is 5. The zero-order chi connectivity index (χ0) is 16.9. The summed E-state index contributed by atoms with van der Waals surface area (Å²) in [6.45, 7) is 7.35. The molecule has 0 unspecified atom stereocenters. The van der Waals surface area contributed by atoms with Crippen molar-refractivity contribution in [1.29, 1.82) is 0 Å². The number of carboxylic acids is 1. The molecule has 122 valence electrons. The van der Waals surface area contributed by atoms with Gasteiger partial charge in [-0.25, -0.2) is 4.79 Å². The summed E-state index contributed by atoms with van der Waals surface area (Å²) >= 11 is 1.32. The first-order chi connectivity index (χ1) is 10.3. The molecular formula is C15H21NO5S. The zero-order valence-corrected chi connectivity index (χ0v) is 14.0. The molecule has 0 saturated heterocycles. The van der Waals surface area contributed by atoms with E-state index in [9.17, 15) is 14.4 Å². The lowest BCUT2D eigenvalue weighted by atomic mass is 10.0. The Labute approximate surface area is 133 Å². The van der Waals surface area contributed by atoms with Crippen LogP contribution in [0.2, 0.25) is 0 Å². The van der Waals surface area contributed by atoms with E-state index in [1.54, 1.807) is 20.8 Å². The van der Waals surface area contributed by atoms with Crippen LogP contribution in [-0.2, 0) is 14.3 Å². The van der Waals surface area contributed by atoms with Crippen LogP contribution >= 0.6 is 11.3 Å². The molecule has 1 aromatic heterocycles. The number of carbonyl (C=O) groups excluding carboxylic acids is 2. The molecule has 2 N–H and O–H groups in total. The van der Waals surface area contributed by atoms with Crippen molar-refractivity contribution >= 4 is 34.2 Å². The van der Waals surface area contributed by atoms with Crippen LogP contribution in [0.1, 0.15) is 47.5 Å². The van der Waals surface area contributed by atoms with Gasteiger partial charge in [-0.15, -0.1) is 11.3 Å². The van der Waals surface area contributed by atoms with Gasteiger partial charge in [0.2, 0.25) is 5.91 Å². The third-order valence-corrected chi connectivity index (χ3v) is 4.30. The zero-order valence-electron chi connectivity index (χ0n) is 13.2. The van der Waals surface area contributed by atoms with E-state index in [0.717, 1.165) is 10.4 Å². The average molecular weight is 327 g/mol. The van der Waals surface area contributed by atoms with Gasteiger partial charge in [-0.1, -0.05) is 6.92 Å². The number of amides is 1. The number of ether oxygens (including phenoxy) is 1. The quantitative estimate of drug-likeness (QED) is 0.751. The van der Waals surface area contributed by atoms with E-state index in [-0.39, 0.29) is 31.3 Å². The summed E-state index contributed by atoms with van der Waals surface area (Å²) in [4.78, 5) is 35.6. The Morgan fingerprint density at radius 1 is 1.27 bits per heavy atom. The summed E-state index contributed by atoms with van der Waals surface area (Å²) in [6.07, 6.45) is 0.0191. The first-order valence-corrected chi connectivity index (χ1v) is 7.86. The van der Waals surface area contributed by atoms with Crippen molar-refractivity contribution in [3.63, 3.8) is 0 Å². The van der Waals surface area contributed by atoms with E-state index in [4.69, 9.17) is 9.84 Å². The normalized spacial score (nSPS) is 11.8. The number of aliphatic carboxylic acids is 1. The predicted molar refractivity (Wildman–Crippen MR) is 84.4 cm³/mol. The topological polar surface area (TPSA) is 92.7 Å². The first-order valence-electron chi connectivity index (χ1n) is 7.05. The fourth-order valence-corrected chi connectivity index (χ4v) is 3.09. The van der Waals surface area contributed by atoms with Gasteiger partial charge in [0.1, 0.15) is 5.00 Å². The van der Waals surface area contributed by atoms with Gasteiger partial charge in [-0.3, -0.25) is 9.59 Å². The van der Waals surface area contributed by atoms with Crippen LogP contribution in [-0.4, -0.2) is 29.6 Å². The van der Waals surface area contributed by atoms with Crippen LogP contribution in [0.3, 0.4) is 0 Å². The molecule has 0 saturated carbocycles. The van der Waals surface area contributed by atoms with Crippen LogP contribution in [0.5, 0.6) is 0 Å². The van der Waals surface area contributed by atoms with Gasteiger partial charge < -0.3 is 15.2 Å². The largest absolute Gasteiger partial charge is 0.481 e. The third kappa shape index (κ3) is 4.84. The monoisotopic (exact) mass is 327 g/mol. The van der Waals surface area contributed by atoms with Crippen LogP contribution in [0.15, 0.2) is 0 Å². The van der Waals surface area contributed by atoms with Gasteiger partial charge in [0.25, 0.3) is 0 Å². The predicted octanol–water partition coefficient (Wildman–Crippen LogP) is 2.98. The number of thiophene rings is 1. The third-order valence-electron chi connectivity index (χ3n) is 3.17. The molecule has 0 aliphatic heterocycles. The van der Waals surface area contributed by atoms with Crippen molar-refractivity contribution in [2.24, 2.45) is 5.92 Å². The van der Waals surface area contributed by atoms with Gasteiger partial charge in [0.15, 0.2) is 0 Å². The van der Waals surface area contributed by atoms with E-state index >= 15 is 0 Å². The lowest BCUT2D eigenvalue weighted by Crippen LogP contribution is -2.18.